The summed E-state index contributed by atoms with van der Waals surface area (Å²) >= 11 is 0. The maximum Gasteiger partial charge on any atom is 0.418 e. The molecular formula is C17H14F3N3O. The highest BCUT2D eigenvalue weighted by Gasteiger charge is 2.34. The van der Waals surface area contributed by atoms with Crippen molar-refractivity contribution in [3.8, 4) is 5.69 Å². The summed E-state index contributed by atoms with van der Waals surface area (Å²) in [5.74, 6) is 0. The van der Waals surface area contributed by atoms with Gasteiger partial charge < -0.3 is 5.11 Å². The molecule has 0 amide bonds. The molecule has 0 saturated heterocycles. The summed E-state index contributed by atoms with van der Waals surface area (Å²) in [6.45, 7) is 0. The number of rotatable bonds is 4. The van der Waals surface area contributed by atoms with Crippen LogP contribution in [0.15, 0.2) is 60.8 Å². The highest BCUT2D eigenvalue weighted by atomic mass is 19.4. The van der Waals surface area contributed by atoms with Crippen molar-refractivity contribution in [1.29, 1.82) is 0 Å². The van der Waals surface area contributed by atoms with Crippen LogP contribution in [-0.2, 0) is 12.6 Å². The number of aromatic nitrogens is 3. The fraction of sp³-hybridized carbons (Fsp3) is 0.176. The second kappa shape index (κ2) is 6.45. The van der Waals surface area contributed by atoms with Crippen LogP contribution in [0.1, 0.15) is 22.9 Å². The molecule has 3 aromatic rings. The minimum atomic E-state index is -4.49. The zero-order valence-corrected chi connectivity index (χ0v) is 12.5. The number of benzene rings is 2. The van der Waals surface area contributed by atoms with Crippen LogP contribution in [-0.4, -0.2) is 20.1 Å². The third kappa shape index (κ3) is 3.46. The molecule has 4 nitrogen and oxygen atoms in total. The number of aliphatic hydroxyl groups excluding tert-OH is 1. The van der Waals surface area contributed by atoms with E-state index in [0.29, 0.717) is 6.42 Å². The Morgan fingerprint density at radius 1 is 1.00 bits per heavy atom. The molecule has 0 saturated carbocycles. The molecule has 0 fully saturated rings. The summed E-state index contributed by atoms with van der Waals surface area (Å²) in [6, 6.07) is 14.4. The fourth-order valence-electron chi connectivity index (χ4n) is 2.40. The molecule has 0 aliphatic rings. The topological polar surface area (TPSA) is 50.9 Å². The van der Waals surface area contributed by atoms with Crippen LogP contribution in [0.3, 0.4) is 0 Å². The van der Waals surface area contributed by atoms with Crippen molar-refractivity contribution < 1.29 is 18.3 Å². The SMILES string of the molecule is OC(Cc1ccccc1)c1cn(-c2ccccc2C(F)(F)F)nn1. The number of nitrogens with zero attached hydrogens (tertiary/aromatic N) is 3. The quantitative estimate of drug-likeness (QED) is 0.794. The molecule has 0 aliphatic carbocycles. The molecule has 1 heterocycles. The summed E-state index contributed by atoms with van der Waals surface area (Å²) in [6.07, 6.45) is -3.82. The summed E-state index contributed by atoms with van der Waals surface area (Å²) < 4.78 is 40.3. The fourth-order valence-corrected chi connectivity index (χ4v) is 2.40. The van der Waals surface area contributed by atoms with E-state index in [2.05, 4.69) is 10.3 Å². The minimum Gasteiger partial charge on any atom is -0.386 e. The molecule has 1 aromatic heterocycles. The van der Waals surface area contributed by atoms with Gasteiger partial charge in [-0.2, -0.15) is 13.2 Å². The molecular weight excluding hydrogens is 319 g/mol. The highest BCUT2D eigenvalue weighted by Crippen LogP contribution is 2.33. The summed E-state index contributed by atoms with van der Waals surface area (Å²) in [5.41, 5.74) is 0.181. The number of hydrogen-bond acceptors (Lipinski definition) is 3. The Hall–Kier alpha value is -2.67. The van der Waals surface area contributed by atoms with E-state index in [1.807, 2.05) is 30.3 Å². The smallest absolute Gasteiger partial charge is 0.386 e. The van der Waals surface area contributed by atoms with Crippen LogP contribution in [0.25, 0.3) is 5.69 Å². The standard InChI is InChI=1S/C17H14F3N3O/c18-17(19,20)13-8-4-5-9-15(13)23-11-14(21-22-23)16(24)10-12-6-2-1-3-7-12/h1-9,11,16,24H,10H2. The molecule has 7 heteroatoms. The zero-order valence-electron chi connectivity index (χ0n) is 12.5. The van der Waals surface area contributed by atoms with Gasteiger partial charge in [-0.3, -0.25) is 0 Å². The van der Waals surface area contributed by atoms with Gasteiger partial charge in [0.1, 0.15) is 11.8 Å². The number of alkyl halides is 3. The first-order chi connectivity index (χ1) is 11.4. The van der Waals surface area contributed by atoms with E-state index in [4.69, 9.17) is 0 Å². The Bertz CT molecular complexity index is 815. The largest absolute Gasteiger partial charge is 0.418 e. The van der Waals surface area contributed by atoms with Crippen molar-refractivity contribution in [1.82, 2.24) is 15.0 Å². The number of para-hydroxylation sites is 1. The van der Waals surface area contributed by atoms with Crippen molar-refractivity contribution >= 4 is 0 Å². The van der Waals surface area contributed by atoms with Gasteiger partial charge in [0.05, 0.1) is 17.4 Å². The molecule has 1 atom stereocenters. The van der Waals surface area contributed by atoms with Gasteiger partial charge >= 0.3 is 6.18 Å². The van der Waals surface area contributed by atoms with Crippen molar-refractivity contribution in [3.63, 3.8) is 0 Å². The van der Waals surface area contributed by atoms with Crippen molar-refractivity contribution in [2.45, 2.75) is 18.7 Å². The third-order valence-electron chi connectivity index (χ3n) is 3.58. The predicted molar refractivity (Wildman–Crippen MR) is 81.5 cm³/mol. The molecule has 0 aliphatic heterocycles. The highest BCUT2D eigenvalue weighted by molar-refractivity contribution is 5.42. The lowest BCUT2D eigenvalue weighted by molar-refractivity contribution is -0.137. The third-order valence-corrected chi connectivity index (χ3v) is 3.58. The van der Waals surface area contributed by atoms with Gasteiger partial charge in [0.2, 0.25) is 0 Å². The van der Waals surface area contributed by atoms with Crippen LogP contribution in [0, 0.1) is 0 Å². The molecule has 124 valence electrons. The molecule has 1 unspecified atom stereocenters. The monoisotopic (exact) mass is 333 g/mol. The molecule has 0 bridgehead atoms. The summed E-state index contributed by atoms with van der Waals surface area (Å²) in [4.78, 5) is 0. The van der Waals surface area contributed by atoms with E-state index < -0.39 is 17.8 Å². The van der Waals surface area contributed by atoms with E-state index in [9.17, 15) is 18.3 Å². The Labute approximate surface area is 136 Å². The molecule has 0 radical (unpaired) electrons. The Kier molecular flexibility index (Phi) is 4.35. The molecule has 0 spiro atoms. The maximum absolute atomic E-state index is 13.1. The van der Waals surface area contributed by atoms with E-state index in [1.165, 1.54) is 24.4 Å². The Morgan fingerprint density at radius 3 is 2.38 bits per heavy atom. The van der Waals surface area contributed by atoms with Crippen LogP contribution < -0.4 is 0 Å². The molecule has 1 N–H and O–H groups in total. The van der Waals surface area contributed by atoms with Gasteiger partial charge in [0, 0.05) is 6.42 Å². The lowest BCUT2D eigenvalue weighted by Crippen LogP contribution is -2.11. The Morgan fingerprint density at radius 2 is 1.67 bits per heavy atom. The average molecular weight is 333 g/mol. The molecule has 3 rings (SSSR count). The lowest BCUT2D eigenvalue weighted by atomic mass is 10.1. The van der Waals surface area contributed by atoms with Crippen molar-refractivity contribution in [3.05, 3.63) is 77.6 Å². The van der Waals surface area contributed by atoms with Crippen molar-refractivity contribution in [2.24, 2.45) is 0 Å². The van der Waals surface area contributed by atoms with Crippen LogP contribution in [0.4, 0.5) is 13.2 Å². The number of hydrogen-bond donors (Lipinski definition) is 1. The van der Waals surface area contributed by atoms with Crippen molar-refractivity contribution in [2.75, 3.05) is 0 Å². The van der Waals surface area contributed by atoms with Crippen LogP contribution >= 0.6 is 0 Å². The van der Waals surface area contributed by atoms with Gasteiger partial charge in [0.25, 0.3) is 0 Å². The zero-order chi connectivity index (χ0) is 17.2. The first-order valence-electron chi connectivity index (χ1n) is 7.26. The Balaban J connectivity index is 1.86. The van der Waals surface area contributed by atoms with Gasteiger partial charge in [-0.15, -0.1) is 5.10 Å². The average Bonchev–Trinajstić information content (AvgIpc) is 3.05. The van der Waals surface area contributed by atoms with Gasteiger partial charge in [-0.1, -0.05) is 47.7 Å². The van der Waals surface area contributed by atoms with E-state index in [0.717, 1.165) is 16.3 Å². The molecule has 2 aromatic carbocycles. The second-order valence-electron chi connectivity index (χ2n) is 5.31. The van der Waals surface area contributed by atoms with Crippen LogP contribution in [0.5, 0.6) is 0 Å². The van der Waals surface area contributed by atoms with Gasteiger partial charge in [-0.25, -0.2) is 4.68 Å². The summed E-state index contributed by atoms with van der Waals surface area (Å²) in [7, 11) is 0. The van der Waals surface area contributed by atoms with E-state index in [1.54, 1.807) is 0 Å². The first kappa shape index (κ1) is 16.2. The van der Waals surface area contributed by atoms with Crippen LogP contribution in [0.2, 0.25) is 0 Å². The maximum atomic E-state index is 13.1. The second-order valence-corrected chi connectivity index (χ2v) is 5.31. The van der Waals surface area contributed by atoms with E-state index >= 15 is 0 Å². The molecule has 24 heavy (non-hydrogen) atoms. The normalized spacial score (nSPS) is 13.0. The minimum absolute atomic E-state index is 0.129. The summed E-state index contributed by atoms with van der Waals surface area (Å²) in [5, 5.41) is 17.8. The lowest BCUT2D eigenvalue weighted by Gasteiger charge is -2.11. The number of aliphatic hydroxyl groups is 1. The predicted octanol–water partition coefficient (Wildman–Crippen LogP) is 3.56. The first-order valence-corrected chi connectivity index (χ1v) is 7.26. The van der Waals surface area contributed by atoms with E-state index in [-0.39, 0.29) is 11.4 Å². The van der Waals surface area contributed by atoms with Gasteiger partial charge in [-0.05, 0) is 17.7 Å². The van der Waals surface area contributed by atoms with Gasteiger partial charge in [0.15, 0.2) is 0 Å². The number of halogens is 3.